The number of nitrogens with zero attached hydrogens (tertiary/aromatic N) is 3. The highest BCUT2D eigenvalue weighted by Gasteiger charge is 2.28. The van der Waals surface area contributed by atoms with Crippen molar-refractivity contribution in [1.29, 1.82) is 0 Å². The summed E-state index contributed by atoms with van der Waals surface area (Å²) in [7, 11) is 0. The molecule has 4 heteroatoms. The first-order valence-corrected chi connectivity index (χ1v) is 19.3. The van der Waals surface area contributed by atoms with E-state index in [1.807, 2.05) is 54.6 Å². The van der Waals surface area contributed by atoms with E-state index in [0.29, 0.717) is 17.5 Å². The summed E-state index contributed by atoms with van der Waals surface area (Å²) in [5.41, 5.74) is 11.8. The number of furan rings is 1. The molecular formula is C53H37N3O. The molecule has 0 amide bonds. The molecule has 0 fully saturated rings. The molecule has 2 heterocycles. The molecule has 0 aliphatic rings. The van der Waals surface area contributed by atoms with Crippen molar-refractivity contribution in [3.63, 3.8) is 0 Å². The van der Waals surface area contributed by atoms with Crippen LogP contribution in [-0.4, -0.2) is 15.0 Å². The molecule has 0 saturated carbocycles. The zero-order valence-electron chi connectivity index (χ0n) is 31.1. The summed E-state index contributed by atoms with van der Waals surface area (Å²) in [6, 6.07) is 74.6. The predicted octanol–water partition coefficient (Wildman–Crippen LogP) is 13.4. The van der Waals surface area contributed by atoms with Gasteiger partial charge in [-0.25, -0.2) is 15.0 Å². The minimum Gasteiger partial charge on any atom is -0.456 e. The van der Waals surface area contributed by atoms with Gasteiger partial charge in [-0.2, -0.15) is 0 Å². The van der Waals surface area contributed by atoms with Crippen LogP contribution in [0.25, 0.3) is 67.2 Å². The summed E-state index contributed by atoms with van der Waals surface area (Å²) >= 11 is 0. The molecule has 57 heavy (non-hydrogen) atoms. The fourth-order valence-corrected chi connectivity index (χ4v) is 8.07. The summed E-state index contributed by atoms with van der Waals surface area (Å²) in [6.45, 7) is 0. The second-order valence-corrected chi connectivity index (χ2v) is 14.4. The van der Waals surface area contributed by atoms with Gasteiger partial charge in [-0.15, -0.1) is 0 Å². The Hall–Kier alpha value is -7.43. The van der Waals surface area contributed by atoms with Gasteiger partial charge < -0.3 is 4.42 Å². The summed E-state index contributed by atoms with van der Waals surface area (Å²) in [5, 5.41) is 2.16. The molecule has 1 atom stereocenters. The van der Waals surface area contributed by atoms with E-state index in [1.165, 1.54) is 22.3 Å². The van der Waals surface area contributed by atoms with Crippen LogP contribution in [0.5, 0.6) is 0 Å². The van der Waals surface area contributed by atoms with Crippen molar-refractivity contribution in [2.75, 3.05) is 0 Å². The van der Waals surface area contributed by atoms with Gasteiger partial charge in [0.15, 0.2) is 17.5 Å². The number of hydrogen-bond donors (Lipinski definition) is 0. The standard InChI is InChI=1S/C53H37N3O/c1-5-16-37(17-6-1)49(38-18-7-2-8-19-38)50(39-20-9-3-10-21-39)43-25-15-24-42(34-43)36-28-30-41(31-29-36)52-54-51(40-22-11-4-12-23-40)55-53(56-52)44-32-33-46-45-26-13-14-27-47(45)57-48(46)35-44/h1-35,49-50H. The van der Waals surface area contributed by atoms with Crippen molar-refractivity contribution in [2.24, 2.45) is 0 Å². The molecule has 0 N–H and O–H groups in total. The Morgan fingerprint density at radius 3 is 1.32 bits per heavy atom. The first-order valence-electron chi connectivity index (χ1n) is 19.3. The fourth-order valence-electron chi connectivity index (χ4n) is 8.07. The van der Waals surface area contributed by atoms with Crippen molar-refractivity contribution < 1.29 is 4.42 Å². The van der Waals surface area contributed by atoms with Gasteiger partial charge in [0.1, 0.15) is 11.2 Å². The molecule has 4 nitrogen and oxygen atoms in total. The molecule has 0 bridgehead atoms. The highest BCUT2D eigenvalue weighted by Crippen LogP contribution is 2.44. The van der Waals surface area contributed by atoms with E-state index in [2.05, 4.69) is 158 Å². The van der Waals surface area contributed by atoms with Gasteiger partial charge in [-0.1, -0.05) is 194 Å². The molecule has 1 unspecified atom stereocenters. The second kappa shape index (κ2) is 15.0. The first kappa shape index (κ1) is 34.1. The number of aromatic nitrogens is 3. The van der Waals surface area contributed by atoms with Crippen LogP contribution in [-0.2, 0) is 0 Å². The van der Waals surface area contributed by atoms with Crippen LogP contribution >= 0.6 is 0 Å². The molecule has 8 aromatic carbocycles. The van der Waals surface area contributed by atoms with E-state index in [4.69, 9.17) is 19.4 Å². The van der Waals surface area contributed by atoms with Crippen LogP contribution in [0.2, 0.25) is 0 Å². The Morgan fingerprint density at radius 2 is 0.702 bits per heavy atom. The third-order valence-electron chi connectivity index (χ3n) is 10.8. The number of hydrogen-bond acceptors (Lipinski definition) is 4. The smallest absolute Gasteiger partial charge is 0.164 e. The van der Waals surface area contributed by atoms with Gasteiger partial charge in [0, 0.05) is 39.3 Å². The van der Waals surface area contributed by atoms with E-state index < -0.39 is 0 Å². The maximum atomic E-state index is 6.23. The third-order valence-corrected chi connectivity index (χ3v) is 10.8. The van der Waals surface area contributed by atoms with Gasteiger partial charge >= 0.3 is 0 Å². The average molecular weight is 732 g/mol. The Kier molecular flexibility index (Phi) is 8.98. The van der Waals surface area contributed by atoms with Gasteiger partial charge in [0.2, 0.25) is 0 Å². The minimum absolute atomic E-state index is 0.0917. The van der Waals surface area contributed by atoms with Crippen LogP contribution in [0, 0.1) is 0 Å². The zero-order valence-corrected chi connectivity index (χ0v) is 31.1. The predicted molar refractivity (Wildman–Crippen MR) is 232 cm³/mol. The van der Waals surface area contributed by atoms with Crippen LogP contribution in [0.15, 0.2) is 217 Å². The maximum absolute atomic E-state index is 6.23. The topological polar surface area (TPSA) is 51.8 Å². The Balaban J connectivity index is 1.03. The third kappa shape index (κ3) is 6.79. The normalized spacial score (nSPS) is 11.9. The van der Waals surface area contributed by atoms with E-state index in [-0.39, 0.29) is 11.8 Å². The monoisotopic (exact) mass is 731 g/mol. The van der Waals surface area contributed by atoms with Crippen LogP contribution in [0.4, 0.5) is 0 Å². The molecule has 0 aliphatic carbocycles. The maximum Gasteiger partial charge on any atom is 0.164 e. The van der Waals surface area contributed by atoms with Crippen LogP contribution in [0.3, 0.4) is 0 Å². The molecule has 270 valence electrons. The second-order valence-electron chi connectivity index (χ2n) is 14.4. The van der Waals surface area contributed by atoms with Crippen molar-refractivity contribution >= 4 is 21.9 Å². The van der Waals surface area contributed by atoms with E-state index in [9.17, 15) is 0 Å². The van der Waals surface area contributed by atoms with E-state index >= 15 is 0 Å². The summed E-state index contributed by atoms with van der Waals surface area (Å²) < 4.78 is 6.23. The molecule has 0 spiro atoms. The summed E-state index contributed by atoms with van der Waals surface area (Å²) in [5.74, 6) is 2.04. The lowest BCUT2D eigenvalue weighted by Gasteiger charge is -2.30. The first-order chi connectivity index (χ1) is 28.2. The SMILES string of the molecule is c1ccc(-c2nc(-c3ccc(-c4cccc(C(c5ccccc5)C(c5ccccc5)c5ccccc5)c4)cc3)nc(-c3ccc4c(c3)oc3ccccc34)n2)cc1. The van der Waals surface area contributed by atoms with Gasteiger partial charge in [-0.3, -0.25) is 0 Å². The van der Waals surface area contributed by atoms with Crippen LogP contribution < -0.4 is 0 Å². The largest absolute Gasteiger partial charge is 0.456 e. The molecule has 10 rings (SSSR count). The highest BCUT2D eigenvalue weighted by atomic mass is 16.3. The molecule has 10 aromatic rings. The number of para-hydroxylation sites is 1. The van der Waals surface area contributed by atoms with Crippen LogP contribution in [0.1, 0.15) is 34.1 Å². The number of benzene rings is 8. The Labute approximate surface area is 331 Å². The van der Waals surface area contributed by atoms with Crippen molar-refractivity contribution in [2.45, 2.75) is 11.8 Å². The minimum atomic E-state index is 0.0917. The summed E-state index contributed by atoms with van der Waals surface area (Å²) in [6.07, 6.45) is 0. The van der Waals surface area contributed by atoms with Gasteiger partial charge in [0.25, 0.3) is 0 Å². The van der Waals surface area contributed by atoms with Crippen molar-refractivity contribution in [1.82, 2.24) is 15.0 Å². The lowest BCUT2D eigenvalue weighted by atomic mass is 9.73. The quantitative estimate of drug-likeness (QED) is 0.148. The van der Waals surface area contributed by atoms with Gasteiger partial charge in [-0.05, 0) is 51.6 Å². The number of rotatable bonds is 9. The molecular weight excluding hydrogens is 695 g/mol. The van der Waals surface area contributed by atoms with Crippen molar-refractivity contribution in [3.05, 3.63) is 235 Å². The lowest BCUT2D eigenvalue weighted by Crippen LogP contribution is -2.14. The molecule has 0 radical (unpaired) electrons. The highest BCUT2D eigenvalue weighted by molar-refractivity contribution is 6.05. The average Bonchev–Trinajstić information content (AvgIpc) is 3.67. The zero-order chi connectivity index (χ0) is 38.0. The Morgan fingerprint density at radius 1 is 0.281 bits per heavy atom. The molecule has 0 aliphatic heterocycles. The number of fused-ring (bicyclic) bond motifs is 3. The van der Waals surface area contributed by atoms with Gasteiger partial charge in [0.05, 0.1) is 0 Å². The van der Waals surface area contributed by atoms with E-state index in [1.54, 1.807) is 0 Å². The Bertz CT molecular complexity index is 2900. The summed E-state index contributed by atoms with van der Waals surface area (Å²) in [4.78, 5) is 15.0. The fraction of sp³-hybridized carbons (Fsp3) is 0.0377. The molecule has 2 aromatic heterocycles. The molecule has 0 saturated heterocycles. The van der Waals surface area contributed by atoms with Crippen molar-refractivity contribution in [3.8, 4) is 45.3 Å². The lowest BCUT2D eigenvalue weighted by molar-refractivity contribution is 0.669. The van der Waals surface area contributed by atoms with E-state index in [0.717, 1.165) is 49.8 Å².